The second-order valence-electron chi connectivity index (χ2n) is 8.77. The van der Waals surface area contributed by atoms with Crippen LogP contribution in [0.5, 0.6) is 5.75 Å². The zero-order chi connectivity index (χ0) is 23.4. The van der Waals surface area contributed by atoms with Gasteiger partial charge in [-0.25, -0.2) is 4.79 Å². The summed E-state index contributed by atoms with van der Waals surface area (Å²) >= 11 is 0. The van der Waals surface area contributed by atoms with Crippen molar-refractivity contribution in [1.29, 1.82) is 0 Å². The molecule has 4 rings (SSSR count). The van der Waals surface area contributed by atoms with Gasteiger partial charge in [0, 0.05) is 6.04 Å². The summed E-state index contributed by atoms with van der Waals surface area (Å²) in [5.74, 6) is -0.251. The van der Waals surface area contributed by atoms with Crippen LogP contribution in [0.1, 0.15) is 37.3 Å². The molecule has 2 aromatic rings. The van der Waals surface area contributed by atoms with E-state index in [-0.39, 0.29) is 18.5 Å². The Hall–Kier alpha value is -3.39. The van der Waals surface area contributed by atoms with Gasteiger partial charge >= 0.3 is 6.03 Å². The fraction of sp³-hybridized carbons (Fsp3) is 0.400. The molecule has 2 fully saturated rings. The first-order valence-electron chi connectivity index (χ1n) is 11.3. The Morgan fingerprint density at radius 3 is 2.55 bits per heavy atom. The number of nitrogens with zero attached hydrogens (tertiary/aromatic N) is 2. The van der Waals surface area contributed by atoms with Crippen LogP contribution in [0.3, 0.4) is 0 Å². The van der Waals surface area contributed by atoms with E-state index in [0.29, 0.717) is 11.3 Å². The molecule has 0 saturated carbocycles. The Balaban J connectivity index is 1.41. The number of benzene rings is 2. The van der Waals surface area contributed by atoms with Crippen molar-refractivity contribution < 1.29 is 19.1 Å². The molecule has 0 aromatic heterocycles. The molecule has 2 atom stereocenters. The summed E-state index contributed by atoms with van der Waals surface area (Å²) in [5, 5.41) is 3.50. The highest BCUT2D eigenvalue weighted by Crippen LogP contribution is 2.29. The lowest BCUT2D eigenvalue weighted by molar-refractivity contribution is -0.139. The van der Waals surface area contributed by atoms with Crippen LogP contribution in [-0.4, -0.2) is 54.0 Å². The van der Waals surface area contributed by atoms with E-state index < -0.39 is 17.5 Å². The topological polar surface area (TPSA) is 91.0 Å². The van der Waals surface area contributed by atoms with Crippen LogP contribution in [0, 0.1) is 0 Å². The largest absolute Gasteiger partial charge is 0.497 e. The SMILES string of the molecule is COc1ccc(C2(C)NC(=O)N(NC(=O)CN3CCCCC3Cc3ccccc3)C2=O)cc1. The molecule has 2 aromatic carbocycles. The summed E-state index contributed by atoms with van der Waals surface area (Å²) in [6.45, 7) is 2.57. The average Bonchev–Trinajstić information content (AvgIpc) is 3.05. The van der Waals surface area contributed by atoms with E-state index in [2.05, 4.69) is 27.8 Å². The molecule has 8 nitrogen and oxygen atoms in total. The van der Waals surface area contributed by atoms with Crippen LogP contribution in [0.4, 0.5) is 4.79 Å². The van der Waals surface area contributed by atoms with Crippen molar-refractivity contribution in [1.82, 2.24) is 20.7 Å². The Morgan fingerprint density at radius 1 is 1.12 bits per heavy atom. The van der Waals surface area contributed by atoms with Gasteiger partial charge in [-0.1, -0.05) is 48.9 Å². The average molecular weight is 451 g/mol. The maximum absolute atomic E-state index is 13.1. The van der Waals surface area contributed by atoms with Gasteiger partial charge < -0.3 is 10.1 Å². The number of ether oxygens (including phenoxy) is 1. The zero-order valence-corrected chi connectivity index (χ0v) is 19.0. The van der Waals surface area contributed by atoms with Crippen molar-refractivity contribution in [3.8, 4) is 5.75 Å². The maximum atomic E-state index is 13.1. The van der Waals surface area contributed by atoms with E-state index in [1.807, 2.05) is 18.2 Å². The van der Waals surface area contributed by atoms with Crippen molar-refractivity contribution in [2.24, 2.45) is 0 Å². The van der Waals surface area contributed by atoms with Crippen molar-refractivity contribution in [2.75, 3.05) is 20.2 Å². The standard InChI is InChI=1S/C25H30N4O4/c1-25(19-11-13-21(33-2)14-12-19)23(31)29(24(32)26-25)27-22(30)17-28-15-7-6-10-20(28)16-18-8-4-3-5-9-18/h3-5,8-9,11-14,20H,6-7,10,15-17H2,1-2H3,(H,26,32)(H,27,30). The Bertz CT molecular complexity index is 1010. The summed E-state index contributed by atoms with van der Waals surface area (Å²) in [7, 11) is 1.56. The van der Waals surface area contributed by atoms with E-state index >= 15 is 0 Å². The van der Waals surface area contributed by atoms with Crippen LogP contribution in [0.25, 0.3) is 0 Å². The summed E-state index contributed by atoms with van der Waals surface area (Å²) in [6.07, 6.45) is 4.04. The highest BCUT2D eigenvalue weighted by atomic mass is 16.5. The second-order valence-corrected chi connectivity index (χ2v) is 8.77. The van der Waals surface area contributed by atoms with Crippen molar-refractivity contribution in [2.45, 2.75) is 44.2 Å². The highest BCUT2D eigenvalue weighted by molar-refractivity contribution is 6.08. The third-order valence-corrected chi connectivity index (χ3v) is 6.50. The number of likely N-dealkylation sites (tertiary alicyclic amines) is 1. The number of carbonyl (C=O) groups excluding carboxylic acids is 3. The van der Waals surface area contributed by atoms with Gasteiger partial charge in [0.2, 0.25) is 0 Å². The van der Waals surface area contributed by atoms with Crippen LogP contribution < -0.4 is 15.5 Å². The smallest absolute Gasteiger partial charge is 0.344 e. The minimum Gasteiger partial charge on any atom is -0.497 e. The lowest BCUT2D eigenvalue weighted by Gasteiger charge is -2.35. The highest BCUT2D eigenvalue weighted by Gasteiger charge is 2.50. The predicted molar refractivity (Wildman–Crippen MR) is 123 cm³/mol. The molecular formula is C25H30N4O4. The second kappa shape index (κ2) is 9.62. The van der Waals surface area contributed by atoms with E-state index in [9.17, 15) is 14.4 Å². The predicted octanol–water partition coefficient (Wildman–Crippen LogP) is 2.59. The van der Waals surface area contributed by atoms with E-state index in [1.165, 1.54) is 5.56 Å². The molecule has 2 aliphatic heterocycles. The van der Waals surface area contributed by atoms with E-state index in [0.717, 1.165) is 37.2 Å². The number of hydrogen-bond donors (Lipinski definition) is 2. The Kier molecular flexibility index (Phi) is 6.65. The molecule has 2 saturated heterocycles. The summed E-state index contributed by atoms with van der Waals surface area (Å²) in [5.41, 5.74) is 3.10. The van der Waals surface area contributed by atoms with Gasteiger partial charge in [-0.3, -0.25) is 19.9 Å². The molecule has 2 unspecified atom stereocenters. The first-order valence-corrected chi connectivity index (χ1v) is 11.3. The minimum atomic E-state index is -1.27. The Labute approximate surface area is 193 Å². The number of hydrazine groups is 1. The van der Waals surface area contributed by atoms with E-state index in [1.54, 1.807) is 38.3 Å². The Morgan fingerprint density at radius 2 is 1.85 bits per heavy atom. The van der Waals surface area contributed by atoms with E-state index in [4.69, 9.17) is 4.74 Å². The van der Waals surface area contributed by atoms with Gasteiger partial charge in [-0.05, 0) is 56.0 Å². The monoisotopic (exact) mass is 450 g/mol. The molecule has 0 bridgehead atoms. The maximum Gasteiger partial charge on any atom is 0.344 e. The first kappa shape index (κ1) is 22.8. The lowest BCUT2D eigenvalue weighted by Crippen LogP contribution is -2.53. The molecule has 0 aliphatic carbocycles. The molecule has 174 valence electrons. The van der Waals surface area contributed by atoms with Crippen LogP contribution in [0.15, 0.2) is 54.6 Å². The lowest BCUT2D eigenvalue weighted by atomic mass is 9.92. The van der Waals surface area contributed by atoms with Crippen molar-refractivity contribution in [3.63, 3.8) is 0 Å². The van der Waals surface area contributed by atoms with Gasteiger partial charge in [0.1, 0.15) is 11.3 Å². The molecule has 0 radical (unpaired) electrons. The van der Waals surface area contributed by atoms with Gasteiger partial charge in [0.25, 0.3) is 11.8 Å². The number of hydrogen-bond acceptors (Lipinski definition) is 5. The number of urea groups is 1. The fourth-order valence-corrected chi connectivity index (χ4v) is 4.59. The number of rotatable bonds is 7. The van der Waals surface area contributed by atoms with Gasteiger partial charge in [0.05, 0.1) is 13.7 Å². The number of methoxy groups -OCH3 is 1. The number of piperidine rings is 1. The quantitative estimate of drug-likeness (QED) is 0.633. The van der Waals surface area contributed by atoms with Gasteiger partial charge in [0.15, 0.2) is 0 Å². The van der Waals surface area contributed by atoms with Gasteiger partial charge in [-0.15, -0.1) is 0 Å². The van der Waals surface area contributed by atoms with Gasteiger partial charge in [-0.2, -0.15) is 5.01 Å². The molecule has 2 aliphatic rings. The number of nitrogens with one attached hydrogen (secondary N) is 2. The number of imide groups is 1. The third-order valence-electron chi connectivity index (χ3n) is 6.50. The molecule has 8 heteroatoms. The normalized spacial score (nSPS) is 23.3. The van der Waals surface area contributed by atoms with Crippen LogP contribution in [-0.2, 0) is 21.5 Å². The third kappa shape index (κ3) is 4.85. The number of carbonyl (C=O) groups is 3. The zero-order valence-electron chi connectivity index (χ0n) is 19.0. The first-order chi connectivity index (χ1) is 15.9. The van der Waals surface area contributed by atoms with Crippen LogP contribution in [0.2, 0.25) is 0 Å². The minimum absolute atomic E-state index is 0.133. The molecule has 33 heavy (non-hydrogen) atoms. The molecule has 2 heterocycles. The molecule has 0 spiro atoms. The summed E-state index contributed by atoms with van der Waals surface area (Å²) in [6, 6.07) is 16.7. The molecular weight excluding hydrogens is 420 g/mol. The fourth-order valence-electron chi connectivity index (χ4n) is 4.59. The summed E-state index contributed by atoms with van der Waals surface area (Å²) < 4.78 is 5.16. The van der Waals surface area contributed by atoms with Crippen molar-refractivity contribution >= 4 is 17.8 Å². The summed E-state index contributed by atoms with van der Waals surface area (Å²) in [4.78, 5) is 40.7. The van der Waals surface area contributed by atoms with Crippen LogP contribution >= 0.6 is 0 Å². The molecule has 4 amide bonds. The molecule has 2 N–H and O–H groups in total. The number of amides is 4. The van der Waals surface area contributed by atoms with Crippen molar-refractivity contribution in [3.05, 3.63) is 65.7 Å².